The largest absolute Gasteiger partial charge is 0.484 e. The van der Waals surface area contributed by atoms with Crippen molar-refractivity contribution in [2.24, 2.45) is 0 Å². The van der Waals surface area contributed by atoms with Crippen molar-refractivity contribution in [1.82, 2.24) is 10.2 Å². The molecule has 5 nitrogen and oxygen atoms in total. The molecule has 0 fully saturated rings. The van der Waals surface area contributed by atoms with E-state index >= 15 is 0 Å². The maximum Gasteiger partial charge on any atom is 0.261 e. The molecule has 0 aromatic heterocycles. The molecule has 7 heteroatoms. The van der Waals surface area contributed by atoms with Crippen LogP contribution in [0.4, 0.5) is 0 Å². The van der Waals surface area contributed by atoms with Crippen molar-refractivity contribution in [3.8, 4) is 5.75 Å². The van der Waals surface area contributed by atoms with Gasteiger partial charge in [0.05, 0.1) is 0 Å². The molecule has 1 atom stereocenters. The number of rotatable bonds is 10. The third-order valence-electron chi connectivity index (χ3n) is 5.14. The maximum absolute atomic E-state index is 13.4. The second-order valence-electron chi connectivity index (χ2n) is 8.26. The van der Waals surface area contributed by atoms with E-state index in [1.807, 2.05) is 56.3 Å². The van der Waals surface area contributed by atoms with E-state index < -0.39 is 6.04 Å². The number of halogens is 2. The molecule has 0 saturated carbocycles. The van der Waals surface area contributed by atoms with Gasteiger partial charge in [-0.3, -0.25) is 9.59 Å². The summed E-state index contributed by atoms with van der Waals surface area (Å²) in [5.74, 6) is 0.00725. The Labute approximate surface area is 210 Å². The van der Waals surface area contributed by atoms with E-state index in [9.17, 15) is 9.59 Å². The zero-order valence-electron chi connectivity index (χ0n) is 19.2. The van der Waals surface area contributed by atoms with Crippen LogP contribution in [0.5, 0.6) is 5.75 Å². The van der Waals surface area contributed by atoms with Gasteiger partial charge < -0.3 is 15.0 Å². The molecule has 0 aliphatic carbocycles. The van der Waals surface area contributed by atoms with Crippen LogP contribution in [-0.2, 0) is 22.6 Å². The Kier molecular flexibility index (Phi) is 9.37. The normalized spacial score (nSPS) is 11.7. The summed E-state index contributed by atoms with van der Waals surface area (Å²) in [6.45, 7) is 3.82. The number of hydrogen-bond acceptors (Lipinski definition) is 3. The minimum Gasteiger partial charge on any atom is -0.484 e. The lowest BCUT2D eigenvalue weighted by Gasteiger charge is -2.32. The maximum atomic E-state index is 13.4. The fourth-order valence-electron chi connectivity index (χ4n) is 3.48. The van der Waals surface area contributed by atoms with Gasteiger partial charge in [-0.2, -0.15) is 0 Å². The molecule has 34 heavy (non-hydrogen) atoms. The van der Waals surface area contributed by atoms with Crippen molar-refractivity contribution in [2.75, 3.05) is 6.61 Å². The first kappa shape index (κ1) is 25.6. The lowest BCUT2D eigenvalue weighted by Crippen LogP contribution is -2.52. The summed E-state index contributed by atoms with van der Waals surface area (Å²) in [6.07, 6.45) is 0.375. The van der Waals surface area contributed by atoms with Gasteiger partial charge in [0, 0.05) is 29.1 Å². The molecule has 0 bridgehead atoms. The molecular formula is C27H28Cl2N2O3. The highest BCUT2D eigenvalue weighted by Crippen LogP contribution is 2.19. The summed E-state index contributed by atoms with van der Waals surface area (Å²) in [6, 6.07) is 22.9. The molecule has 1 N–H and O–H groups in total. The van der Waals surface area contributed by atoms with Gasteiger partial charge in [0.15, 0.2) is 6.61 Å². The standard InChI is InChI=1S/C27H28Cl2N2O3/c1-19(2)30-27(33)25(16-20-6-4-3-5-7-20)31(17-21-8-10-22(28)11-9-21)26(32)18-34-24-14-12-23(29)13-15-24/h3-15,19,25H,16-18H2,1-2H3,(H,30,33)/t25-/m0/s1. The predicted octanol–water partition coefficient (Wildman–Crippen LogP) is 5.54. The van der Waals surface area contributed by atoms with Gasteiger partial charge in [-0.05, 0) is 61.4 Å². The summed E-state index contributed by atoms with van der Waals surface area (Å²) in [5.41, 5.74) is 1.82. The van der Waals surface area contributed by atoms with Gasteiger partial charge in [0.2, 0.25) is 5.91 Å². The number of amides is 2. The first-order chi connectivity index (χ1) is 16.3. The van der Waals surface area contributed by atoms with Crippen molar-refractivity contribution < 1.29 is 14.3 Å². The Morgan fingerprint density at radius 1 is 0.853 bits per heavy atom. The first-order valence-corrected chi connectivity index (χ1v) is 11.8. The molecule has 0 radical (unpaired) electrons. The lowest BCUT2D eigenvalue weighted by molar-refractivity contribution is -0.143. The highest BCUT2D eigenvalue weighted by Gasteiger charge is 2.31. The van der Waals surface area contributed by atoms with Gasteiger partial charge in [-0.25, -0.2) is 0 Å². The molecule has 0 unspecified atom stereocenters. The van der Waals surface area contributed by atoms with E-state index in [1.165, 1.54) is 0 Å². The Hall–Kier alpha value is -3.02. The number of nitrogens with one attached hydrogen (secondary N) is 1. The van der Waals surface area contributed by atoms with Crippen LogP contribution in [0.2, 0.25) is 10.0 Å². The Morgan fingerprint density at radius 3 is 2.03 bits per heavy atom. The number of ether oxygens (including phenoxy) is 1. The third-order valence-corrected chi connectivity index (χ3v) is 5.65. The van der Waals surface area contributed by atoms with Crippen LogP contribution < -0.4 is 10.1 Å². The molecule has 0 spiro atoms. The monoisotopic (exact) mass is 498 g/mol. The van der Waals surface area contributed by atoms with Crippen molar-refractivity contribution in [3.63, 3.8) is 0 Å². The van der Waals surface area contributed by atoms with Crippen LogP contribution in [0, 0.1) is 0 Å². The molecule has 3 aromatic rings. The number of nitrogens with zero attached hydrogens (tertiary/aromatic N) is 1. The van der Waals surface area contributed by atoms with Crippen LogP contribution in [0.1, 0.15) is 25.0 Å². The minimum atomic E-state index is -0.721. The Morgan fingerprint density at radius 2 is 1.44 bits per heavy atom. The molecule has 3 rings (SSSR count). The van der Waals surface area contributed by atoms with Crippen LogP contribution >= 0.6 is 23.2 Å². The Balaban J connectivity index is 1.89. The van der Waals surface area contributed by atoms with Crippen molar-refractivity contribution in [3.05, 3.63) is 100 Å². The zero-order chi connectivity index (χ0) is 24.5. The van der Waals surface area contributed by atoms with Crippen molar-refractivity contribution in [2.45, 2.75) is 38.9 Å². The van der Waals surface area contributed by atoms with Crippen LogP contribution in [-0.4, -0.2) is 35.4 Å². The van der Waals surface area contributed by atoms with E-state index in [1.54, 1.807) is 41.3 Å². The molecule has 0 heterocycles. The SMILES string of the molecule is CC(C)NC(=O)[C@H](Cc1ccccc1)N(Cc1ccc(Cl)cc1)C(=O)COc1ccc(Cl)cc1. The van der Waals surface area contributed by atoms with Gasteiger partial charge in [-0.1, -0.05) is 65.7 Å². The molecule has 0 saturated heterocycles. The van der Waals surface area contributed by atoms with Crippen molar-refractivity contribution in [1.29, 1.82) is 0 Å². The summed E-state index contributed by atoms with van der Waals surface area (Å²) >= 11 is 12.0. The summed E-state index contributed by atoms with van der Waals surface area (Å²) in [5, 5.41) is 4.15. The fraction of sp³-hybridized carbons (Fsp3) is 0.259. The summed E-state index contributed by atoms with van der Waals surface area (Å²) < 4.78 is 5.72. The fourth-order valence-corrected chi connectivity index (χ4v) is 3.73. The first-order valence-electron chi connectivity index (χ1n) is 11.1. The average molecular weight is 499 g/mol. The van der Waals surface area contributed by atoms with E-state index in [4.69, 9.17) is 27.9 Å². The van der Waals surface area contributed by atoms with Crippen LogP contribution in [0.3, 0.4) is 0 Å². The average Bonchev–Trinajstić information content (AvgIpc) is 2.82. The second-order valence-corrected chi connectivity index (χ2v) is 9.13. The number of carbonyl (C=O) groups excluding carboxylic acids is 2. The Bertz CT molecular complexity index is 1070. The highest BCUT2D eigenvalue weighted by atomic mass is 35.5. The van der Waals surface area contributed by atoms with Gasteiger partial charge in [-0.15, -0.1) is 0 Å². The smallest absolute Gasteiger partial charge is 0.261 e. The third kappa shape index (κ3) is 7.79. The number of carbonyl (C=O) groups is 2. The van der Waals surface area contributed by atoms with Gasteiger partial charge in [0.1, 0.15) is 11.8 Å². The van der Waals surface area contributed by atoms with Crippen molar-refractivity contribution >= 4 is 35.0 Å². The second kappa shape index (κ2) is 12.4. The van der Waals surface area contributed by atoms with Gasteiger partial charge in [0.25, 0.3) is 5.91 Å². The summed E-state index contributed by atoms with van der Waals surface area (Å²) in [4.78, 5) is 28.3. The number of benzene rings is 3. The molecule has 3 aromatic carbocycles. The van der Waals surface area contributed by atoms with Crippen LogP contribution in [0.25, 0.3) is 0 Å². The van der Waals surface area contributed by atoms with E-state index in [0.717, 1.165) is 11.1 Å². The molecule has 2 amide bonds. The lowest BCUT2D eigenvalue weighted by atomic mass is 10.0. The van der Waals surface area contributed by atoms with E-state index in [-0.39, 0.29) is 31.0 Å². The molecule has 0 aliphatic rings. The summed E-state index contributed by atoms with van der Waals surface area (Å²) in [7, 11) is 0. The zero-order valence-corrected chi connectivity index (χ0v) is 20.7. The quantitative estimate of drug-likeness (QED) is 0.399. The highest BCUT2D eigenvalue weighted by molar-refractivity contribution is 6.30. The molecular weight excluding hydrogens is 471 g/mol. The minimum absolute atomic E-state index is 0.0661. The van der Waals surface area contributed by atoms with E-state index in [2.05, 4.69) is 5.32 Å². The molecule has 0 aliphatic heterocycles. The van der Waals surface area contributed by atoms with E-state index in [0.29, 0.717) is 22.2 Å². The van der Waals surface area contributed by atoms with Gasteiger partial charge >= 0.3 is 0 Å². The topological polar surface area (TPSA) is 58.6 Å². The van der Waals surface area contributed by atoms with Crippen LogP contribution in [0.15, 0.2) is 78.9 Å². The predicted molar refractivity (Wildman–Crippen MR) is 136 cm³/mol. The molecule has 178 valence electrons. The number of hydrogen-bond donors (Lipinski definition) is 1.